The summed E-state index contributed by atoms with van der Waals surface area (Å²) in [6.45, 7) is 2.42. The predicted molar refractivity (Wildman–Crippen MR) is 122 cm³/mol. The minimum Gasteiger partial charge on any atom is -0.493 e. The fourth-order valence-corrected chi connectivity index (χ4v) is 4.76. The molecule has 0 aliphatic carbocycles. The normalized spacial score (nSPS) is 14.3. The number of sulfonamides is 1. The highest BCUT2D eigenvalue weighted by molar-refractivity contribution is 7.89. The van der Waals surface area contributed by atoms with Crippen LogP contribution in [0.2, 0.25) is 0 Å². The number of carboxylic acid groups (broad SMARTS) is 2. The van der Waals surface area contributed by atoms with Gasteiger partial charge < -0.3 is 19.7 Å². The second-order valence-corrected chi connectivity index (χ2v) is 9.13. The zero-order valence-corrected chi connectivity index (χ0v) is 19.8. The second kappa shape index (κ2) is 12.1. The van der Waals surface area contributed by atoms with E-state index in [9.17, 15) is 18.5 Å². The third kappa shape index (κ3) is 7.11. The molecule has 1 heterocycles. The van der Waals surface area contributed by atoms with Gasteiger partial charge in [-0.15, -0.1) is 0 Å². The first-order valence-electron chi connectivity index (χ1n) is 10.1. The number of piperazine rings is 1. The fourth-order valence-electron chi connectivity index (χ4n) is 3.34. The Labute approximate surface area is 201 Å². The predicted octanol–water partition coefficient (Wildman–Crippen LogP) is 1.27. The molecule has 13 nitrogen and oxygen atoms in total. The zero-order chi connectivity index (χ0) is 26.2. The first-order chi connectivity index (χ1) is 16.5. The molecule has 190 valence electrons. The molecule has 1 saturated heterocycles. The van der Waals surface area contributed by atoms with Gasteiger partial charge in [-0.1, -0.05) is 12.1 Å². The van der Waals surface area contributed by atoms with E-state index in [1.807, 2.05) is 18.2 Å². The molecule has 3 rings (SSSR count). The molecule has 0 radical (unpaired) electrons. The van der Waals surface area contributed by atoms with Crippen molar-refractivity contribution in [2.24, 2.45) is 0 Å². The van der Waals surface area contributed by atoms with E-state index in [4.69, 9.17) is 29.3 Å². The molecular weight excluding hydrogens is 486 g/mol. The molecule has 14 heteroatoms. The molecule has 0 unspecified atom stereocenters. The molecule has 0 atom stereocenters. The largest absolute Gasteiger partial charge is 0.493 e. The van der Waals surface area contributed by atoms with Gasteiger partial charge in [-0.05, 0) is 18.2 Å². The van der Waals surface area contributed by atoms with E-state index >= 15 is 0 Å². The summed E-state index contributed by atoms with van der Waals surface area (Å²) in [6.07, 6.45) is 0. The van der Waals surface area contributed by atoms with E-state index in [1.54, 1.807) is 14.2 Å². The van der Waals surface area contributed by atoms with Crippen LogP contribution >= 0.6 is 0 Å². The second-order valence-electron chi connectivity index (χ2n) is 7.19. The lowest BCUT2D eigenvalue weighted by molar-refractivity contribution is -0.384. The number of hydrogen-bond acceptors (Lipinski definition) is 9. The van der Waals surface area contributed by atoms with Crippen molar-refractivity contribution in [3.05, 3.63) is 58.1 Å². The van der Waals surface area contributed by atoms with Gasteiger partial charge in [0.25, 0.3) is 5.69 Å². The van der Waals surface area contributed by atoms with Gasteiger partial charge in [0.1, 0.15) is 0 Å². The van der Waals surface area contributed by atoms with Crippen molar-refractivity contribution in [3.63, 3.8) is 0 Å². The van der Waals surface area contributed by atoms with Gasteiger partial charge >= 0.3 is 11.9 Å². The maximum Gasteiger partial charge on any atom is 0.414 e. The fraction of sp³-hybridized carbons (Fsp3) is 0.333. The molecule has 0 amide bonds. The summed E-state index contributed by atoms with van der Waals surface area (Å²) in [5.41, 5.74) is 0.833. The summed E-state index contributed by atoms with van der Waals surface area (Å²) in [7, 11) is -0.505. The number of ether oxygens (including phenoxy) is 2. The maximum absolute atomic E-state index is 12.8. The number of non-ortho nitro benzene ring substituents is 1. The maximum atomic E-state index is 12.8. The number of carbonyl (C=O) groups is 2. The summed E-state index contributed by atoms with van der Waals surface area (Å²) < 4.78 is 37.8. The molecule has 0 saturated carbocycles. The number of aliphatic carboxylic acids is 2. The Balaban J connectivity index is 0.000000641. The number of carboxylic acids is 2. The molecule has 0 spiro atoms. The SMILES string of the molecule is COc1cccc(CN2CCN(S(=O)(=O)c3ccc([N+](=O)[O-])cc3)CC2)c1OC.O=C(O)C(=O)O. The smallest absolute Gasteiger partial charge is 0.414 e. The van der Waals surface area contributed by atoms with Crippen LogP contribution in [-0.4, -0.2) is 85.1 Å². The quantitative estimate of drug-likeness (QED) is 0.311. The summed E-state index contributed by atoms with van der Waals surface area (Å²) >= 11 is 0. The first kappa shape index (κ1) is 27.5. The highest BCUT2D eigenvalue weighted by Gasteiger charge is 2.29. The Hall–Kier alpha value is -3.75. The van der Waals surface area contributed by atoms with Crippen molar-refractivity contribution in [1.82, 2.24) is 9.21 Å². The number of benzene rings is 2. The Morgan fingerprint density at radius 1 is 0.971 bits per heavy atom. The number of nitrogens with zero attached hydrogens (tertiary/aromatic N) is 3. The van der Waals surface area contributed by atoms with Crippen molar-refractivity contribution in [2.75, 3.05) is 40.4 Å². The van der Waals surface area contributed by atoms with Crippen LogP contribution in [0.25, 0.3) is 0 Å². The van der Waals surface area contributed by atoms with Crippen molar-refractivity contribution >= 4 is 27.6 Å². The van der Waals surface area contributed by atoms with E-state index in [1.165, 1.54) is 28.6 Å². The van der Waals surface area contributed by atoms with E-state index in [-0.39, 0.29) is 10.6 Å². The molecule has 1 fully saturated rings. The number of para-hydroxylation sites is 1. The van der Waals surface area contributed by atoms with E-state index in [0.29, 0.717) is 44.2 Å². The third-order valence-corrected chi connectivity index (χ3v) is 6.99. The zero-order valence-electron chi connectivity index (χ0n) is 19.0. The Bertz CT molecular complexity index is 1150. The van der Waals surface area contributed by atoms with Crippen LogP contribution in [-0.2, 0) is 26.2 Å². The minimum atomic E-state index is -3.68. The number of nitro benzene ring substituents is 1. The van der Waals surface area contributed by atoms with Gasteiger partial charge in [0, 0.05) is 50.4 Å². The highest BCUT2D eigenvalue weighted by atomic mass is 32.2. The summed E-state index contributed by atoms with van der Waals surface area (Å²) in [6, 6.07) is 10.7. The lowest BCUT2D eigenvalue weighted by Crippen LogP contribution is -2.48. The van der Waals surface area contributed by atoms with Gasteiger partial charge in [0.15, 0.2) is 11.5 Å². The van der Waals surface area contributed by atoms with Crippen LogP contribution in [0.4, 0.5) is 5.69 Å². The molecule has 1 aliphatic heterocycles. The Kier molecular flexibility index (Phi) is 9.50. The topological polar surface area (TPSA) is 177 Å². The molecule has 0 aromatic heterocycles. The van der Waals surface area contributed by atoms with Gasteiger partial charge in [-0.25, -0.2) is 18.0 Å². The molecule has 2 aromatic carbocycles. The monoisotopic (exact) mass is 511 g/mol. The molecule has 0 bridgehead atoms. The molecule has 2 aromatic rings. The summed E-state index contributed by atoms with van der Waals surface area (Å²) in [5.74, 6) is -2.31. The standard InChI is InChI=1S/C19H23N3O6S.C2H2O4/c1-27-18-5-3-4-15(19(18)28-2)14-20-10-12-21(13-11-20)29(25,26)17-8-6-16(7-9-17)22(23)24;3-1(4)2(5)6/h3-9H,10-14H2,1-2H3;(H,3,4)(H,5,6). The van der Waals surface area contributed by atoms with E-state index in [2.05, 4.69) is 4.90 Å². The van der Waals surface area contributed by atoms with Crippen LogP contribution in [0.5, 0.6) is 11.5 Å². The minimum absolute atomic E-state index is 0.0611. The first-order valence-corrected chi connectivity index (χ1v) is 11.6. The van der Waals surface area contributed by atoms with Crippen LogP contribution < -0.4 is 9.47 Å². The third-order valence-electron chi connectivity index (χ3n) is 5.08. The van der Waals surface area contributed by atoms with E-state index < -0.39 is 26.9 Å². The number of methoxy groups -OCH3 is 2. The summed E-state index contributed by atoms with van der Waals surface area (Å²) in [4.78, 5) is 30.6. The van der Waals surface area contributed by atoms with Gasteiger partial charge in [0.2, 0.25) is 10.0 Å². The van der Waals surface area contributed by atoms with Crippen LogP contribution in [0.15, 0.2) is 47.4 Å². The highest BCUT2D eigenvalue weighted by Crippen LogP contribution is 2.32. The summed E-state index contributed by atoms with van der Waals surface area (Å²) in [5, 5.41) is 25.5. The van der Waals surface area contributed by atoms with Crippen molar-refractivity contribution in [3.8, 4) is 11.5 Å². The number of hydrogen-bond donors (Lipinski definition) is 2. The van der Waals surface area contributed by atoms with Crippen molar-refractivity contribution < 1.29 is 42.6 Å². The Morgan fingerprint density at radius 2 is 1.54 bits per heavy atom. The van der Waals surface area contributed by atoms with Crippen LogP contribution in [0, 0.1) is 10.1 Å². The van der Waals surface area contributed by atoms with Crippen LogP contribution in [0.1, 0.15) is 5.56 Å². The van der Waals surface area contributed by atoms with Gasteiger partial charge in [0.05, 0.1) is 24.0 Å². The van der Waals surface area contributed by atoms with E-state index in [0.717, 1.165) is 5.56 Å². The number of nitro groups is 1. The Morgan fingerprint density at radius 3 is 2.00 bits per heavy atom. The molecule has 2 N–H and O–H groups in total. The van der Waals surface area contributed by atoms with Gasteiger partial charge in [-0.3, -0.25) is 15.0 Å². The average molecular weight is 512 g/mol. The average Bonchev–Trinajstić information content (AvgIpc) is 2.84. The van der Waals surface area contributed by atoms with Crippen molar-refractivity contribution in [1.29, 1.82) is 0 Å². The number of rotatable bonds is 7. The molecular formula is C21H25N3O10S. The van der Waals surface area contributed by atoms with Crippen LogP contribution in [0.3, 0.4) is 0 Å². The molecule has 1 aliphatic rings. The molecule has 35 heavy (non-hydrogen) atoms. The van der Waals surface area contributed by atoms with Crippen molar-refractivity contribution in [2.45, 2.75) is 11.4 Å². The van der Waals surface area contributed by atoms with Gasteiger partial charge in [-0.2, -0.15) is 4.31 Å². The lowest BCUT2D eigenvalue weighted by atomic mass is 10.1. The lowest BCUT2D eigenvalue weighted by Gasteiger charge is -2.34.